The molecule has 1 N–H and O–H groups in total. The van der Waals surface area contributed by atoms with Crippen molar-refractivity contribution < 1.29 is 23.1 Å². The molecule has 2 saturated carbocycles. The maximum Gasteiger partial charge on any atom is 0.406 e. The molecule has 0 aromatic carbocycles. The number of hydrogen-bond donors (Lipinski definition) is 1. The Morgan fingerprint density at radius 2 is 1.87 bits per heavy atom. The molecule has 1 amide bonds. The molecule has 8 heteroatoms. The summed E-state index contributed by atoms with van der Waals surface area (Å²) in [6.45, 7) is 2.33. The molecule has 0 bridgehead atoms. The van der Waals surface area contributed by atoms with Crippen molar-refractivity contribution >= 4 is 16.9 Å². The van der Waals surface area contributed by atoms with Gasteiger partial charge in [0.15, 0.2) is 0 Å². The summed E-state index contributed by atoms with van der Waals surface area (Å²) >= 11 is 0. The van der Waals surface area contributed by atoms with E-state index in [1.165, 1.54) is 10.8 Å². The number of nitrogens with zero attached hydrogens (tertiary/aromatic N) is 3. The minimum atomic E-state index is -4.27. The van der Waals surface area contributed by atoms with Crippen LogP contribution in [0.3, 0.4) is 0 Å². The Morgan fingerprint density at radius 1 is 1.19 bits per heavy atom. The summed E-state index contributed by atoms with van der Waals surface area (Å²) in [5.74, 6) is 0.389. The van der Waals surface area contributed by atoms with Gasteiger partial charge in [-0.1, -0.05) is 0 Å². The second-order valence-electron chi connectivity index (χ2n) is 10.3. The first-order chi connectivity index (χ1) is 14.5. The van der Waals surface area contributed by atoms with Gasteiger partial charge in [-0.25, -0.2) is 4.98 Å². The van der Waals surface area contributed by atoms with Crippen LogP contribution in [0.15, 0.2) is 24.4 Å². The maximum atomic E-state index is 12.8. The van der Waals surface area contributed by atoms with Crippen LogP contribution in [0.4, 0.5) is 13.2 Å². The topological polar surface area (TPSA) is 58.4 Å². The number of carbonyl (C=O) groups excluding carboxylic acids is 1. The number of rotatable bonds is 3. The summed E-state index contributed by atoms with van der Waals surface area (Å²) in [6, 6.07) is 5.49. The molecule has 1 saturated heterocycles. The highest BCUT2D eigenvalue weighted by atomic mass is 19.4. The summed E-state index contributed by atoms with van der Waals surface area (Å²) in [5.41, 5.74) is 0.758. The highest BCUT2D eigenvalue weighted by Gasteiger charge is 2.51. The number of hydrogen-bond acceptors (Lipinski definition) is 3. The molecule has 2 aromatic heterocycles. The third-order valence-electron chi connectivity index (χ3n) is 7.53. The van der Waals surface area contributed by atoms with Gasteiger partial charge < -0.3 is 14.6 Å². The SMILES string of the molecule is CC1(O)CC(C(=O)N2CC3(CCC(c4ccc5ccn(CC(F)(F)F)c5n4)CC3)C2)C1. The smallest absolute Gasteiger partial charge is 0.390 e. The first-order valence-corrected chi connectivity index (χ1v) is 11.1. The zero-order chi connectivity index (χ0) is 22.0. The molecule has 3 fully saturated rings. The van der Waals surface area contributed by atoms with E-state index in [1.54, 1.807) is 13.0 Å². The van der Waals surface area contributed by atoms with Gasteiger partial charge in [0, 0.05) is 47.6 Å². The molecule has 3 heterocycles. The van der Waals surface area contributed by atoms with Gasteiger partial charge >= 0.3 is 6.18 Å². The highest BCUT2D eigenvalue weighted by Crippen LogP contribution is 2.49. The molecule has 3 aliphatic rings. The lowest BCUT2D eigenvalue weighted by atomic mass is 9.64. The molecule has 168 valence electrons. The molecule has 5 nitrogen and oxygen atoms in total. The molecular formula is C23H28F3N3O2. The van der Waals surface area contributed by atoms with Gasteiger partial charge in [0.1, 0.15) is 12.2 Å². The number of aromatic nitrogens is 2. The Kier molecular flexibility index (Phi) is 4.66. The van der Waals surface area contributed by atoms with Crippen LogP contribution in [0.25, 0.3) is 11.0 Å². The normalized spacial score (nSPS) is 28.5. The fourth-order valence-corrected chi connectivity index (χ4v) is 5.82. The number of carbonyl (C=O) groups is 1. The third kappa shape index (κ3) is 3.95. The monoisotopic (exact) mass is 435 g/mol. The van der Waals surface area contributed by atoms with Gasteiger partial charge in [0.2, 0.25) is 5.91 Å². The number of aliphatic hydroxyl groups is 1. The average molecular weight is 435 g/mol. The van der Waals surface area contributed by atoms with Gasteiger partial charge in [-0.05, 0) is 63.6 Å². The molecule has 2 aromatic rings. The lowest BCUT2D eigenvalue weighted by Crippen LogP contribution is -2.62. The van der Waals surface area contributed by atoms with Crippen LogP contribution in [0, 0.1) is 11.3 Å². The van der Waals surface area contributed by atoms with Crippen LogP contribution in [0.5, 0.6) is 0 Å². The largest absolute Gasteiger partial charge is 0.406 e. The van der Waals surface area contributed by atoms with Crippen LogP contribution in [0.1, 0.15) is 57.1 Å². The maximum absolute atomic E-state index is 12.8. The standard InChI is InChI=1S/C23H28F3N3O2/c1-21(31)10-17(11-21)20(30)29-12-22(13-29)7-4-15(5-8-22)18-3-2-16-6-9-28(19(16)27-18)14-23(24,25)26/h2-3,6,9,15,17,31H,4-5,7-8,10-14H2,1H3. The zero-order valence-corrected chi connectivity index (χ0v) is 17.7. The number of fused-ring (bicyclic) bond motifs is 1. The van der Waals surface area contributed by atoms with Gasteiger partial charge in [-0.15, -0.1) is 0 Å². The van der Waals surface area contributed by atoms with E-state index in [9.17, 15) is 23.1 Å². The first-order valence-electron chi connectivity index (χ1n) is 11.1. The lowest BCUT2D eigenvalue weighted by molar-refractivity contribution is -0.163. The summed E-state index contributed by atoms with van der Waals surface area (Å²) in [7, 11) is 0. The molecule has 1 spiro atoms. The number of pyridine rings is 1. The Labute approximate surface area is 179 Å². The summed E-state index contributed by atoms with van der Waals surface area (Å²) in [6.07, 6.45) is 2.19. The molecule has 0 unspecified atom stereocenters. The number of halogens is 3. The molecule has 0 atom stereocenters. The molecule has 5 rings (SSSR count). The van der Waals surface area contributed by atoms with E-state index in [2.05, 4.69) is 4.98 Å². The van der Waals surface area contributed by atoms with Crippen molar-refractivity contribution in [3.05, 3.63) is 30.1 Å². The predicted molar refractivity (Wildman–Crippen MR) is 109 cm³/mol. The Morgan fingerprint density at radius 3 is 2.48 bits per heavy atom. The quantitative estimate of drug-likeness (QED) is 0.784. The third-order valence-corrected chi connectivity index (χ3v) is 7.53. The van der Waals surface area contributed by atoms with Crippen LogP contribution in [0.2, 0.25) is 0 Å². The zero-order valence-electron chi connectivity index (χ0n) is 17.7. The van der Waals surface area contributed by atoms with E-state index < -0.39 is 18.3 Å². The van der Waals surface area contributed by atoms with E-state index in [0.29, 0.717) is 18.5 Å². The van der Waals surface area contributed by atoms with Crippen molar-refractivity contribution in [2.45, 2.75) is 69.7 Å². The van der Waals surface area contributed by atoms with Crippen molar-refractivity contribution in [3.63, 3.8) is 0 Å². The fraction of sp³-hybridized carbons (Fsp3) is 0.652. The number of likely N-dealkylation sites (tertiary alicyclic amines) is 1. The van der Waals surface area contributed by atoms with Crippen LogP contribution >= 0.6 is 0 Å². The van der Waals surface area contributed by atoms with Crippen molar-refractivity contribution in [3.8, 4) is 0 Å². The summed E-state index contributed by atoms with van der Waals surface area (Å²) in [5, 5.41) is 10.6. The van der Waals surface area contributed by atoms with Crippen molar-refractivity contribution in [2.24, 2.45) is 11.3 Å². The van der Waals surface area contributed by atoms with E-state index in [0.717, 1.165) is 49.9 Å². The average Bonchev–Trinajstić information content (AvgIpc) is 3.04. The molecule has 1 aliphatic heterocycles. The Balaban J connectivity index is 1.20. The minimum absolute atomic E-state index is 0.0347. The minimum Gasteiger partial charge on any atom is -0.390 e. The van der Waals surface area contributed by atoms with Crippen LogP contribution < -0.4 is 0 Å². The van der Waals surface area contributed by atoms with Gasteiger partial charge in [0.25, 0.3) is 0 Å². The predicted octanol–water partition coefficient (Wildman–Crippen LogP) is 4.25. The second-order valence-corrected chi connectivity index (χ2v) is 10.3. The van der Waals surface area contributed by atoms with E-state index in [4.69, 9.17) is 0 Å². The van der Waals surface area contributed by atoms with E-state index in [1.807, 2.05) is 17.0 Å². The van der Waals surface area contributed by atoms with Gasteiger partial charge in [-0.3, -0.25) is 4.79 Å². The highest BCUT2D eigenvalue weighted by molar-refractivity contribution is 5.81. The summed E-state index contributed by atoms with van der Waals surface area (Å²) < 4.78 is 39.7. The first kappa shape index (κ1) is 20.8. The van der Waals surface area contributed by atoms with Crippen molar-refractivity contribution in [1.29, 1.82) is 0 Å². The van der Waals surface area contributed by atoms with Gasteiger partial charge in [-0.2, -0.15) is 13.2 Å². The van der Waals surface area contributed by atoms with Gasteiger partial charge in [0.05, 0.1) is 5.60 Å². The van der Waals surface area contributed by atoms with E-state index in [-0.39, 0.29) is 23.2 Å². The Bertz CT molecular complexity index is 989. The molecular weight excluding hydrogens is 407 g/mol. The van der Waals surface area contributed by atoms with Crippen molar-refractivity contribution in [1.82, 2.24) is 14.5 Å². The van der Waals surface area contributed by atoms with Crippen molar-refractivity contribution in [2.75, 3.05) is 13.1 Å². The molecule has 0 radical (unpaired) electrons. The summed E-state index contributed by atoms with van der Waals surface area (Å²) in [4.78, 5) is 19.1. The molecule has 2 aliphatic carbocycles. The lowest BCUT2D eigenvalue weighted by Gasteiger charge is -2.55. The fourth-order valence-electron chi connectivity index (χ4n) is 5.82. The van der Waals surface area contributed by atoms with E-state index >= 15 is 0 Å². The molecule has 31 heavy (non-hydrogen) atoms. The number of amides is 1. The van der Waals surface area contributed by atoms with Crippen LogP contribution in [-0.2, 0) is 11.3 Å². The van der Waals surface area contributed by atoms with Crippen LogP contribution in [-0.4, -0.2) is 50.3 Å². The second kappa shape index (κ2) is 6.95. The number of alkyl halides is 3. The Hall–Kier alpha value is -2.09.